The molecule has 0 N–H and O–H groups in total. The van der Waals surface area contributed by atoms with E-state index in [1.54, 1.807) is 0 Å². The maximum absolute atomic E-state index is 2.77. The number of hydrogen-bond donors (Lipinski definition) is 0. The van der Waals surface area contributed by atoms with Crippen LogP contribution in [0.5, 0.6) is 0 Å². The maximum atomic E-state index is 2.77. The molecule has 2 fully saturated rings. The molecule has 2 heterocycles. The zero-order chi connectivity index (χ0) is 13.1. The third-order valence-electron chi connectivity index (χ3n) is 4.69. The second kappa shape index (κ2) is 6.36. The third-order valence-corrected chi connectivity index (χ3v) is 4.69. The van der Waals surface area contributed by atoms with Gasteiger partial charge in [-0.25, -0.2) is 0 Å². The van der Waals surface area contributed by atoms with Crippen LogP contribution in [-0.2, 0) is 0 Å². The molecule has 2 rings (SSSR count). The van der Waals surface area contributed by atoms with Crippen LogP contribution in [0.2, 0.25) is 0 Å². The Bertz CT molecular complexity index is 244. The summed E-state index contributed by atoms with van der Waals surface area (Å²) in [6, 6.07) is 1.60. The van der Waals surface area contributed by atoms with Crippen LogP contribution in [0.4, 0.5) is 0 Å². The minimum Gasteiger partial charge on any atom is -0.309 e. The van der Waals surface area contributed by atoms with Gasteiger partial charge in [-0.15, -0.1) is 0 Å². The van der Waals surface area contributed by atoms with E-state index >= 15 is 0 Å². The molecule has 1 unspecified atom stereocenters. The van der Waals surface area contributed by atoms with Crippen LogP contribution >= 0.6 is 0 Å². The standard InChI is InChI=1S/C15H31N3/c1-13(2)17-9-6-15(7-10-17)18-8-5-14(12-18)11-16(3)4/h13-15H,5-12H2,1-4H3. The predicted molar refractivity (Wildman–Crippen MR) is 78.0 cm³/mol. The van der Waals surface area contributed by atoms with Crippen LogP contribution in [0.25, 0.3) is 0 Å². The van der Waals surface area contributed by atoms with E-state index < -0.39 is 0 Å². The number of rotatable bonds is 4. The quantitative estimate of drug-likeness (QED) is 0.756. The van der Waals surface area contributed by atoms with E-state index in [1.165, 1.54) is 52.0 Å². The van der Waals surface area contributed by atoms with Crippen molar-refractivity contribution < 1.29 is 0 Å². The van der Waals surface area contributed by atoms with Gasteiger partial charge in [0.05, 0.1) is 0 Å². The highest BCUT2D eigenvalue weighted by Crippen LogP contribution is 2.25. The molecule has 18 heavy (non-hydrogen) atoms. The summed E-state index contributed by atoms with van der Waals surface area (Å²) in [7, 11) is 4.40. The van der Waals surface area contributed by atoms with E-state index in [-0.39, 0.29) is 0 Å². The van der Waals surface area contributed by atoms with Crippen LogP contribution in [0.3, 0.4) is 0 Å². The highest BCUT2D eigenvalue weighted by Gasteiger charge is 2.31. The Balaban J connectivity index is 1.74. The topological polar surface area (TPSA) is 9.72 Å². The molecule has 2 aliphatic heterocycles. The molecule has 0 aromatic rings. The number of nitrogens with zero attached hydrogens (tertiary/aromatic N) is 3. The van der Waals surface area contributed by atoms with Gasteiger partial charge in [0.1, 0.15) is 0 Å². The molecule has 0 amide bonds. The van der Waals surface area contributed by atoms with Crippen molar-refractivity contribution in [3.63, 3.8) is 0 Å². The predicted octanol–water partition coefficient (Wildman–Crippen LogP) is 1.74. The van der Waals surface area contributed by atoms with Crippen LogP contribution in [0.1, 0.15) is 33.1 Å². The van der Waals surface area contributed by atoms with Crippen LogP contribution in [-0.4, -0.2) is 73.6 Å². The lowest BCUT2D eigenvalue weighted by atomic mass is 10.0. The Labute approximate surface area is 113 Å². The molecule has 1 atom stereocenters. The lowest BCUT2D eigenvalue weighted by Crippen LogP contribution is -2.46. The average molecular weight is 253 g/mol. The second-order valence-electron chi connectivity index (χ2n) is 6.77. The summed E-state index contributed by atoms with van der Waals surface area (Å²) in [6.45, 7) is 11.2. The fraction of sp³-hybridized carbons (Fsp3) is 1.00. The van der Waals surface area contributed by atoms with Crippen molar-refractivity contribution in [1.82, 2.24) is 14.7 Å². The molecule has 0 aliphatic carbocycles. The van der Waals surface area contributed by atoms with Gasteiger partial charge in [-0.2, -0.15) is 0 Å². The molecule has 0 radical (unpaired) electrons. The molecule has 2 saturated heterocycles. The van der Waals surface area contributed by atoms with E-state index in [2.05, 4.69) is 42.6 Å². The lowest BCUT2D eigenvalue weighted by Gasteiger charge is -2.38. The summed E-state index contributed by atoms with van der Waals surface area (Å²) < 4.78 is 0. The Morgan fingerprint density at radius 2 is 1.72 bits per heavy atom. The molecule has 0 aromatic heterocycles. The lowest BCUT2D eigenvalue weighted by molar-refractivity contribution is 0.104. The molecule has 2 aliphatic rings. The Morgan fingerprint density at radius 3 is 2.28 bits per heavy atom. The molecular weight excluding hydrogens is 222 g/mol. The van der Waals surface area contributed by atoms with Crippen molar-refractivity contribution >= 4 is 0 Å². The number of hydrogen-bond acceptors (Lipinski definition) is 3. The number of likely N-dealkylation sites (tertiary alicyclic amines) is 2. The summed E-state index contributed by atoms with van der Waals surface area (Å²) in [4.78, 5) is 7.74. The molecule has 0 aromatic carbocycles. The summed E-state index contributed by atoms with van der Waals surface area (Å²) in [5.74, 6) is 0.906. The van der Waals surface area contributed by atoms with Crippen LogP contribution < -0.4 is 0 Å². The minimum absolute atomic E-state index is 0.728. The zero-order valence-corrected chi connectivity index (χ0v) is 12.7. The molecule has 0 bridgehead atoms. The van der Waals surface area contributed by atoms with Gasteiger partial charge in [-0.3, -0.25) is 4.90 Å². The van der Waals surface area contributed by atoms with E-state index in [0.717, 1.165) is 18.0 Å². The Morgan fingerprint density at radius 1 is 1.06 bits per heavy atom. The summed E-state index contributed by atoms with van der Waals surface area (Å²) in [5, 5.41) is 0. The smallest absolute Gasteiger partial charge is 0.0120 e. The van der Waals surface area contributed by atoms with Gasteiger partial charge < -0.3 is 9.80 Å². The Hall–Kier alpha value is -0.120. The fourth-order valence-electron chi connectivity index (χ4n) is 3.63. The van der Waals surface area contributed by atoms with Gasteiger partial charge in [-0.05, 0) is 72.8 Å². The molecule has 0 spiro atoms. The van der Waals surface area contributed by atoms with E-state index in [0.29, 0.717) is 0 Å². The highest BCUT2D eigenvalue weighted by molar-refractivity contribution is 4.86. The van der Waals surface area contributed by atoms with Crippen molar-refractivity contribution in [3.05, 3.63) is 0 Å². The van der Waals surface area contributed by atoms with Gasteiger partial charge >= 0.3 is 0 Å². The van der Waals surface area contributed by atoms with Crippen molar-refractivity contribution in [3.8, 4) is 0 Å². The first kappa shape index (κ1) is 14.3. The van der Waals surface area contributed by atoms with Crippen molar-refractivity contribution in [2.45, 2.75) is 45.2 Å². The van der Waals surface area contributed by atoms with Gasteiger partial charge in [0, 0.05) is 25.2 Å². The summed E-state index contributed by atoms with van der Waals surface area (Å²) in [6.07, 6.45) is 4.17. The summed E-state index contributed by atoms with van der Waals surface area (Å²) in [5.41, 5.74) is 0. The van der Waals surface area contributed by atoms with E-state index in [1.807, 2.05) is 0 Å². The normalized spacial score (nSPS) is 28.7. The molecular formula is C15H31N3. The molecule has 0 saturated carbocycles. The van der Waals surface area contributed by atoms with Gasteiger partial charge in [0.15, 0.2) is 0 Å². The highest BCUT2D eigenvalue weighted by atomic mass is 15.2. The SMILES string of the molecule is CC(C)N1CCC(N2CCC(CN(C)C)C2)CC1. The molecule has 3 heteroatoms. The largest absolute Gasteiger partial charge is 0.309 e. The first-order valence-corrected chi connectivity index (χ1v) is 7.69. The van der Waals surface area contributed by atoms with Crippen molar-refractivity contribution in [2.75, 3.05) is 46.8 Å². The fourth-order valence-corrected chi connectivity index (χ4v) is 3.63. The third kappa shape index (κ3) is 3.69. The number of piperidine rings is 1. The van der Waals surface area contributed by atoms with Crippen LogP contribution in [0, 0.1) is 5.92 Å². The van der Waals surface area contributed by atoms with E-state index in [9.17, 15) is 0 Å². The second-order valence-corrected chi connectivity index (χ2v) is 6.77. The molecule has 106 valence electrons. The minimum atomic E-state index is 0.728. The zero-order valence-electron chi connectivity index (χ0n) is 12.7. The maximum Gasteiger partial charge on any atom is 0.0120 e. The van der Waals surface area contributed by atoms with Gasteiger partial charge in [-0.1, -0.05) is 0 Å². The summed E-state index contributed by atoms with van der Waals surface area (Å²) >= 11 is 0. The van der Waals surface area contributed by atoms with Crippen molar-refractivity contribution in [2.24, 2.45) is 5.92 Å². The average Bonchev–Trinajstić information content (AvgIpc) is 2.76. The first-order valence-electron chi connectivity index (χ1n) is 7.69. The first-order chi connectivity index (χ1) is 8.56. The van der Waals surface area contributed by atoms with Gasteiger partial charge in [0.2, 0.25) is 0 Å². The Kier molecular flexibility index (Phi) is 5.05. The van der Waals surface area contributed by atoms with Crippen LogP contribution in [0.15, 0.2) is 0 Å². The van der Waals surface area contributed by atoms with Gasteiger partial charge in [0.25, 0.3) is 0 Å². The monoisotopic (exact) mass is 253 g/mol. The molecule has 3 nitrogen and oxygen atoms in total. The van der Waals surface area contributed by atoms with E-state index in [4.69, 9.17) is 0 Å². The van der Waals surface area contributed by atoms with Crippen molar-refractivity contribution in [1.29, 1.82) is 0 Å².